The molecule has 0 aliphatic rings. The minimum atomic E-state index is -0.708. The predicted molar refractivity (Wildman–Crippen MR) is 176 cm³/mol. The highest BCUT2D eigenvalue weighted by molar-refractivity contribution is 6.31. The van der Waals surface area contributed by atoms with Crippen molar-refractivity contribution in [1.29, 1.82) is 0 Å². The highest BCUT2D eigenvalue weighted by Crippen LogP contribution is 2.28. The van der Waals surface area contributed by atoms with Crippen molar-refractivity contribution >= 4 is 35.1 Å². The minimum Gasteiger partial charge on any atom is -0.469 e. The summed E-state index contributed by atoms with van der Waals surface area (Å²) < 4.78 is 15.6. The molecule has 0 bridgehead atoms. The molecule has 0 fully saturated rings. The Hall–Kier alpha value is -4.82. The van der Waals surface area contributed by atoms with Crippen LogP contribution in [0.25, 0.3) is 11.1 Å². The van der Waals surface area contributed by atoms with Gasteiger partial charge in [-0.1, -0.05) is 72.6 Å². The van der Waals surface area contributed by atoms with Gasteiger partial charge in [0.1, 0.15) is 11.5 Å². The summed E-state index contributed by atoms with van der Waals surface area (Å²) in [7, 11) is 2.71. The van der Waals surface area contributed by atoms with E-state index < -0.39 is 11.9 Å². The number of nitrogens with one attached hydrogen (secondary N) is 2. The molecule has 0 aliphatic carbocycles. The molecule has 1 unspecified atom stereocenters. The number of para-hydroxylation sites is 1. The number of carbonyl (C=O) groups is 3. The highest BCUT2D eigenvalue weighted by atomic mass is 35.5. The highest BCUT2D eigenvalue weighted by Gasteiger charge is 2.23. The van der Waals surface area contributed by atoms with E-state index in [1.165, 1.54) is 14.2 Å². The first-order valence-corrected chi connectivity index (χ1v) is 15.2. The molecule has 2 N–H and O–H groups in total. The second-order valence-corrected chi connectivity index (χ2v) is 10.8. The van der Waals surface area contributed by atoms with Crippen LogP contribution in [0.1, 0.15) is 47.5 Å². The largest absolute Gasteiger partial charge is 0.469 e. The Labute approximate surface area is 268 Å². The molecule has 0 aliphatic heterocycles. The van der Waals surface area contributed by atoms with Crippen molar-refractivity contribution < 1.29 is 28.6 Å². The Morgan fingerprint density at radius 2 is 1.42 bits per heavy atom. The Balaban J connectivity index is 1.37. The number of benzene rings is 4. The van der Waals surface area contributed by atoms with Crippen LogP contribution in [-0.2, 0) is 19.1 Å². The molecule has 234 valence electrons. The van der Waals surface area contributed by atoms with E-state index in [0.717, 1.165) is 41.9 Å². The first kappa shape index (κ1) is 33.1. The zero-order chi connectivity index (χ0) is 32.0. The van der Waals surface area contributed by atoms with E-state index in [1.54, 1.807) is 18.2 Å². The molecule has 8 nitrogen and oxygen atoms in total. The molecule has 0 saturated heterocycles. The van der Waals surface area contributed by atoms with Gasteiger partial charge in [-0.3, -0.25) is 14.4 Å². The molecule has 45 heavy (non-hydrogen) atoms. The number of anilines is 1. The van der Waals surface area contributed by atoms with Gasteiger partial charge in [-0.15, -0.1) is 0 Å². The fourth-order valence-corrected chi connectivity index (χ4v) is 4.94. The third-order valence-electron chi connectivity index (χ3n) is 7.26. The summed E-state index contributed by atoms with van der Waals surface area (Å²) in [5, 5.41) is 6.58. The summed E-state index contributed by atoms with van der Waals surface area (Å²) in [6, 6.07) is 30.0. The van der Waals surface area contributed by atoms with E-state index >= 15 is 0 Å². The van der Waals surface area contributed by atoms with Crippen LogP contribution in [0.4, 0.5) is 5.69 Å². The molecule has 4 aromatic rings. The number of esters is 2. The second kappa shape index (κ2) is 16.9. The Morgan fingerprint density at radius 3 is 2.09 bits per heavy atom. The number of amides is 1. The van der Waals surface area contributed by atoms with E-state index in [-0.39, 0.29) is 18.4 Å². The van der Waals surface area contributed by atoms with Crippen LogP contribution in [0.15, 0.2) is 97.1 Å². The maximum atomic E-state index is 13.3. The minimum absolute atomic E-state index is 0.0376. The first-order valence-electron chi connectivity index (χ1n) is 14.8. The molecular formula is C36H37ClN2O6. The molecule has 4 rings (SSSR count). The third-order valence-corrected chi connectivity index (χ3v) is 7.49. The fourth-order valence-electron chi connectivity index (χ4n) is 4.77. The second-order valence-electron chi connectivity index (χ2n) is 10.4. The lowest BCUT2D eigenvalue weighted by Crippen LogP contribution is -2.32. The Kier molecular flexibility index (Phi) is 12.4. The summed E-state index contributed by atoms with van der Waals surface area (Å²) in [5.41, 5.74) is 3.68. The summed E-state index contributed by atoms with van der Waals surface area (Å²) in [5.74, 6) is -0.254. The third kappa shape index (κ3) is 9.84. The monoisotopic (exact) mass is 628 g/mol. The van der Waals surface area contributed by atoms with Gasteiger partial charge in [0.2, 0.25) is 0 Å². The van der Waals surface area contributed by atoms with Crippen LogP contribution in [0, 0.1) is 0 Å². The molecule has 4 aromatic carbocycles. The quantitative estimate of drug-likeness (QED) is 0.103. The average Bonchev–Trinajstić information content (AvgIpc) is 3.07. The van der Waals surface area contributed by atoms with E-state index in [0.29, 0.717) is 34.8 Å². The molecule has 0 aromatic heterocycles. The van der Waals surface area contributed by atoms with E-state index in [1.807, 2.05) is 78.9 Å². The van der Waals surface area contributed by atoms with Gasteiger partial charge < -0.3 is 24.8 Å². The normalized spacial score (nSPS) is 11.3. The molecule has 0 radical (unpaired) electrons. The summed E-state index contributed by atoms with van der Waals surface area (Å²) in [4.78, 5) is 37.3. The lowest BCUT2D eigenvalue weighted by atomic mass is 9.96. The molecule has 1 amide bonds. The van der Waals surface area contributed by atoms with Gasteiger partial charge in [-0.25, -0.2) is 0 Å². The zero-order valence-corrected chi connectivity index (χ0v) is 26.1. The molecule has 0 heterocycles. The van der Waals surface area contributed by atoms with Gasteiger partial charge >= 0.3 is 11.9 Å². The Bertz CT molecular complexity index is 1560. The van der Waals surface area contributed by atoms with Crippen molar-refractivity contribution in [2.45, 2.75) is 31.6 Å². The summed E-state index contributed by atoms with van der Waals surface area (Å²) in [6.45, 7) is 0.652. The van der Waals surface area contributed by atoms with Crippen LogP contribution >= 0.6 is 11.6 Å². The Morgan fingerprint density at radius 1 is 0.756 bits per heavy atom. The number of carbonyl (C=O) groups excluding carboxylic acids is 3. The van der Waals surface area contributed by atoms with E-state index in [4.69, 9.17) is 21.1 Å². The smallest absolute Gasteiger partial charge is 0.314 e. The summed E-state index contributed by atoms with van der Waals surface area (Å²) in [6.07, 6.45) is 2.76. The van der Waals surface area contributed by atoms with Crippen molar-refractivity contribution in [2.75, 3.05) is 32.6 Å². The topological polar surface area (TPSA) is 103 Å². The van der Waals surface area contributed by atoms with Gasteiger partial charge in [0.05, 0.1) is 25.7 Å². The molecular weight excluding hydrogens is 592 g/mol. The lowest BCUT2D eigenvalue weighted by molar-refractivity contribution is -0.142. The van der Waals surface area contributed by atoms with E-state index in [2.05, 4.69) is 15.4 Å². The van der Waals surface area contributed by atoms with Gasteiger partial charge in [0, 0.05) is 30.2 Å². The van der Waals surface area contributed by atoms with Crippen LogP contribution < -0.4 is 15.4 Å². The van der Waals surface area contributed by atoms with E-state index in [9.17, 15) is 14.4 Å². The maximum Gasteiger partial charge on any atom is 0.314 e. The van der Waals surface area contributed by atoms with Gasteiger partial charge in [0.25, 0.3) is 5.91 Å². The van der Waals surface area contributed by atoms with Gasteiger partial charge in [0.15, 0.2) is 0 Å². The number of halogens is 1. The fraction of sp³-hybridized carbons (Fsp3) is 0.250. The van der Waals surface area contributed by atoms with Gasteiger partial charge in [-0.05, 0) is 72.0 Å². The number of rotatable bonds is 15. The number of ether oxygens (including phenoxy) is 3. The lowest BCUT2D eigenvalue weighted by Gasteiger charge is -2.18. The number of hydrogen-bond donors (Lipinski definition) is 2. The summed E-state index contributed by atoms with van der Waals surface area (Å²) >= 11 is 6.22. The van der Waals surface area contributed by atoms with Crippen molar-refractivity contribution in [3.05, 3.63) is 113 Å². The van der Waals surface area contributed by atoms with Crippen molar-refractivity contribution in [3.8, 4) is 22.6 Å². The number of unbranched alkanes of at least 4 members (excludes halogenated alkanes) is 2. The van der Waals surface area contributed by atoms with Crippen molar-refractivity contribution in [1.82, 2.24) is 5.32 Å². The van der Waals surface area contributed by atoms with Crippen LogP contribution in [0.5, 0.6) is 11.5 Å². The van der Waals surface area contributed by atoms with Crippen molar-refractivity contribution in [3.63, 3.8) is 0 Å². The van der Waals surface area contributed by atoms with Crippen LogP contribution in [0.3, 0.4) is 0 Å². The van der Waals surface area contributed by atoms with Crippen LogP contribution in [-0.4, -0.2) is 45.2 Å². The number of methoxy groups -OCH3 is 2. The molecule has 0 saturated carbocycles. The first-order chi connectivity index (χ1) is 21.9. The van der Waals surface area contributed by atoms with Crippen LogP contribution in [0.2, 0.25) is 5.02 Å². The molecule has 0 spiro atoms. The molecule has 9 heteroatoms. The number of hydrogen-bond acceptors (Lipinski definition) is 7. The average molecular weight is 629 g/mol. The SMILES string of the molecule is COC(=O)CCCCCNc1ccc(Cl)cc1C(=O)NCC(C(=O)OC)c1ccc(-c2ccc(Oc3ccccc3)cc2)cc1. The standard InChI is InChI=1S/C36H37ClN2O6/c1-43-34(40)11-7-4-8-22-38-33-21-18-28(37)23-31(33)35(41)39-24-32(36(42)44-2)27-14-12-25(13-15-27)26-16-19-30(20-17-26)45-29-9-5-3-6-10-29/h3,5-6,9-10,12-21,23,32,38H,4,7-8,11,22,24H2,1-2H3,(H,39,41). The maximum absolute atomic E-state index is 13.3. The predicted octanol–water partition coefficient (Wildman–Crippen LogP) is 7.63. The molecule has 1 atom stereocenters. The zero-order valence-electron chi connectivity index (χ0n) is 25.4. The van der Waals surface area contributed by atoms with Crippen molar-refractivity contribution in [2.24, 2.45) is 0 Å². The van der Waals surface area contributed by atoms with Gasteiger partial charge in [-0.2, -0.15) is 0 Å².